The molecule has 142 valence electrons. The standard InChI is InChI=1S/C19H35Cl3OSi/c1-2-3-5-16-6-8-17(9-7-16)18-10-12-19(13-11-18)23-14-4-15-24(20,21)22/h16-19H,2-15H2,1H3/t16-,17-,18-,19-. The van der Waals surface area contributed by atoms with Crippen LogP contribution >= 0.6 is 33.2 Å². The van der Waals surface area contributed by atoms with Gasteiger partial charge in [0.05, 0.1) is 6.10 Å². The van der Waals surface area contributed by atoms with Crippen LogP contribution in [0, 0.1) is 17.8 Å². The van der Waals surface area contributed by atoms with E-state index in [2.05, 4.69) is 6.92 Å². The van der Waals surface area contributed by atoms with Crippen LogP contribution in [0.4, 0.5) is 0 Å². The van der Waals surface area contributed by atoms with E-state index in [-0.39, 0.29) is 0 Å². The van der Waals surface area contributed by atoms with Gasteiger partial charge in [0, 0.05) is 6.61 Å². The van der Waals surface area contributed by atoms with E-state index in [9.17, 15) is 0 Å². The lowest BCUT2D eigenvalue weighted by molar-refractivity contribution is 0.00726. The summed E-state index contributed by atoms with van der Waals surface area (Å²) in [6.45, 7) is 3.07. The van der Waals surface area contributed by atoms with E-state index >= 15 is 0 Å². The van der Waals surface area contributed by atoms with E-state index in [0.717, 1.165) is 30.8 Å². The molecule has 0 spiro atoms. The van der Waals surface area contributed by atoms with E-state index in [4.69, 9.17) is 38.0 Å². The van der Waals surface area contributed by atoms with Gasteiger partial charge >= 0.3 is 6.00 Å². The van der Waals surface area contributed by atoms with Gasteiger partial charge in [-0.2, -0.15) is 0 Å². The maximum atomic E-state index is 6.02. The van der Waals surface area contributed by atoms with Gasteiger partial charge < -0.3 is 4.74 Å². The third-order valence-corrected chi connectivity index (χ3v) is 8.82. The minimum atomic E-state index is -2.46. The van der Waals surface area contributed by atoms with E-state index < -0.39 is 6.00 Å². The summed E-state index contributed by atoms with van der Waals surface area (Å²) in [5.74, 6) is 2.99. The Kier molecular flexibility index (Phi) is 9.80. The fraction of sp³-hybridized carbons (Fsp3) is 1.00. The van der Waals surface area contributed by atoms with Crippen molar-refractivity contribution < 1.29 is 4.74 Å². The first-order valence-electron chi connectivity index (χ1n) is 10.2. The molecule has 2 rings (SSSR count). The number of halogens is 3. The first-order chi connectivity index (χ1) is 11.5. The summed E-state index contributed by atoms with van der Waals surface area (Å²) >= 11 is 17.7. The molecule has 0 radical (unpaired) electrons. The molecule has 0 N–H and O–H groups in total. The molecule has 2 fully saturated rings. The predicted octanol–water partition coefficient (Wildman–Crippen LogP) is 7.60. The first-order valence-corrected chi connectivity index (χ1v) is 15.4. The van der Waals surface area contributed by atoms with Crippen molar-refractivity contribution in [2.75, 3.05) is 6.61 Å². The molecule has 0 unspecified atom stereocenters. The monoisotopic (exact) mass is 412 g/mol. The molecular formula is C19H35Cl3OSi. The Bertz CT molecular complexity index is 332. The second-order valence-electron chi connectivity index (χ2n) is 8.05. The van der Waals surface area contributed by atoms with Gasteiger partial charge in [0.1, 0.15) is 0 Å². The highest BCUT2D eigenvalue weighted by Gasteiger charge is 2.31. The minimum Gasteiger partial charge on any atom is -0.378 e. The van der Waals surface area contributed by atoms with Gasteiger partial charge in [-0.3, -0.25) is 0 Å². The van der Waals surface area contributed by atoms with Crippen molar-refractivity contribution in [1.29, 1.82) is 0 Å². The minimum absolute atomic E-state index is 0.458. The van der Waals surface area contributed by atoms with Gasteiger partial charge in [-0.1, -0.05) is 39.0 Å². The van der Waals surface area contributed by atoms with Crippen LogP contribution in [0.1, 0.15) is 84.0 Å². The Morgan fingerprint density at radius 2 is 1.42 bits per heavy atom. The second-order valence-corrected chi connectivity index (χ2v) is 17.3. The molecule has 2 aliphatic carbocycles. The van der Waals surface area contributed by atoms with Crippen LogP contribution < -0.4 is 0 Å². The quantitative estimate of drug-likeness (QED) is 0.215. The molecule has 0 atom stereocenters. The highest BCUT2D eigenvalue weighted by Crippen LogP contribution is 2.41. The zero-order chi connectivity index (χ0) is 17.4. The lowest BCUT2D eigenvalue weighted by Crippen LogP contribution is -2.29. The largest absolute Gasteiger partial charge is 0.378 e. The van der Waals surface area contributed by atoms with Gasteiger partial charge in [-0.05, 0) is 68.7 Å². The molecule has 0 bridgehead atoms. The van der Waals surface area contributed by atoms with E-state index in [0.29, 0.717) is 12.1 Å². The maximum absolute atomic E-state index is 6.02. The number of hydrogen-bond acceptors (Lipinski definition) is 1. The SMILES string of the molecule is CCCC[C@H]1CC[C@H]([C@H]2CC[C@H](OCCC[Si](Cl)(Cl)Cl)CC2)CC1. The highest BCUT2D eigenvalue weighted by molar-refractivity contribution is 7.64. The van der Waals surface area contributed by atoms with Crippen molar-refractivity contribution >= 4 is 39.2 Å². The van der Waals surface area contributed by atoms with Gasteiger partial charge in [0.15, 0.2) is 0 Å². The molecule has 1 nitrogen and oxygen atoms in total. The molecule has 24 heavy (non-hydrogen) atoms. The molecule has 2 aliphatic rings. The fourth-order valence-electron chi connectivity index (χ4n) is 4.69. The molecule has 0 heterocycles. The van der Waals surface area contributed by atoms with Crippen LogP contribution in [0.5, 0.6) is 0 Å². The summed E-state index contributed by atoms with van der Waals surface area (Å²) in [4.78, 5) is 0. The summed E-state index contributed by atoms with van der Waals surface area (Å²) in [5.41, 5.74) is 0. The van der Waals surface area contributed by atoms with Gasteiger partial charge in [-0.25, -0.2) is 0 Å². The summed E-state index contributed by atoms with van der Waals surface area (Å²) in [5, 5.41) is 0. The van der Waals surface area contributed by atoms with Crippen LogP contribution in [-0.2, 0) is 4.74 Å². The third kappa shape index (κ3) is 8.16. The van der Waals surface area contributed by atoms with Crippen molar-refractivity contribution in [3.63, 3.8) is 0 Å². The van der Waals surface area contributed by atoms with E-state index in [1.807, 2.05) is 0 Å². The maximum Gasteiger partial charge on any atom is 0.341 e. The Labute approximate surface area is 164 Å². The fourth-order valence-corrected chi connectivity index (χ4v) is 6.44. The summed E-state index contributed by atoms with van der Waals surface area (Å²) in [6, 6.07) is -1.74. The number of ether oxygens (including phenoxy) is 1. The zero-order valence-electron chi connectivity index (χ0n) is 15.3. The van der Waals surface area contributed by atoms with Crippen molar-refractivity contribution in [1.82, 2.24) is 0 Å². The van der Waals surface area contributed by atoms with Crippen molar-refractivity contribution in [2.24, 2.45) is 17.8 Å². The topological polar surface area (TPSA) is 9.23 Å². The van der Waals surface area contributed by atoms with Crippen LogP contribution in [0.2, 0.25) is 6.04 Å². The van der Waals surface area contributed by atoms with Gasteiger partial charge in [0.2, 0.25) is 0 Å². The molecule has 5 heteroatoms. The Morgan fingerprint density at radius 1 is 0.833 bits per heavy atom. The normalized spacial score (nSPS) is 32.0. The summed E-state index contributed by atoms with van der Waals surface area (Å²) < 4.78 is 6.02. The lowest BCUT2D eigenvalue weighted by Gasteiger charge is -2.38. The average Bonchev–Trinajstić information content (AvgIpc) is 2.57. The molecule has 0 amide bonds. The predicted molar refractivity (Wildman–Crippen MR) is 109 cm³/mol. The van der Waals surface area contributed by atoms with Gasteiger partial charge in [0.25, 0.3) is 0 Å². The lowest BCUT2D eigenvalue weighted by atomic mass is 9.70. The van der Waals surface area contributed by atoms with Crippen molar-refractivity contribution in [2.45, 2.75) is 96.1 Å². The van der Waals surface area contributed by atoms with Crippen LogP contribution in [0.15, 0.2) is 0 Å². The molecule has 0 saturated heterocycles. The molecule has 0 aromatic rings. The van der Waals surface area contributed by atoms with Crippen LogP contribution in [0.3, 0.4) is 0 Å². The highest BCUT2D eigenvalue weighted by atomic mass is 35.8. The zero-order valence-corrected chi connectivity index (χ0v) is 18.5. The first kappa shape index (κ1) is 21.3. The van der Waals surface area contributed by atoms with Crippen molar-refractivity contribution in [3.05, 3.63) is 0 Å². The molecule has 0 aliphatic heterocycles. The molecule has 2 saturated carbocycles. The Morgan fingerprint density at radius 3 is 1.96 bits per heavy atom. The number of hydrogen-bond donors (Lipinski definition) is 0. The second kappa shape index (κ2) is 11.0. The van der Waals surface area contributed by atoms with Gasteiger partial charge in [-0.15, -0.1) is 33.2 Å². The van der Waals surface area contributed by atoms with E-state index in [1.54, 1.807) is 0 Å². The van der Waals surface area contributed by atoms with E-state index in [1.165, 1.54) is 70.6 Å². The Hall–Kier alpha value is 1.05. The number of unbranched alkanes of at least 4 members (excludes halogenated alkanes) is 1. The third-order valence-electron chi connectivity index (χ3n) is 6.20. The van der Waals surface area contributed by atoms with Crippen LogP contribution in [-0.4, -0.2) is 18.7 Å². The smallest absolute Gasteiger partial charge is 0.341 e. The summed E-state index contributed by atoms with van der Waals surface area (Å²) in [7, 11) is 0. The molecule has 0 aromatic heterocycles. The average molecular weight is 414 g/mol. The molecule has 0 aromatic carbocycles. The van der Waals surface area contributed by atoms with Crippen LogP contribution in [0.25, 0.3) is 0 Å². The number of rotatable bonds is 9. The van der Waals surface area contributed by atoms with Crippen molar-refractivity contribution in [3.8, 4) is 0 Å². The Balaban J connectivity index is 1.56. The molecular weight excluding hydrogens is 379 g/mol. The summed E-state index contributed by atoms with van der Waals surface area (Å²) in [6.07, 6.45) is 16.8.